The Morgan fingerprint density at radius 2 is 2.22 bits per heavy atom. The third kappa shape index (κ3) is 2.05. The van der Waals surface area contributed by atoms with Gasteiger partial charge >= 0.3 is 0 Å². The van der Waals surface area contributed by atoms with Crippen LogP contribution in [-0.4, -0.2) is 18.2 Å². The molecule has 0 fully saturated rings. The lowest BCUT2D eigenvalue weighted by atomic mass is 10.0. The molecule has 5 heteroatoms. The molecule has 18 heavy (non-hydrogen) atoms. The summed E-state index contributed by atoms with van der Waals surface area (Å²) >= 11 is 7.63. The molecule has 0 unspecified atom stereocenters. The molecule has 1 aromatic carbocycles. The summed E-state index contributed by atoms with van der Waals surface area (Å²) in [4.78, 5) is 16.0. The van der Waals surface area contributed by atoms with Crippen LogP contribution in [0.5, 0.6) is 0 Å². The number of hydrogen-bond donors (Lipinski definition) is 1. The lowest BCUT2D eigenvalue weighted by Gasteiger charge is -2.09. The Labute approximate surface area is 113 Å². The van der Waals surface area contributed by atoms with Gasteiger partial charge in [0.2, 0.25) is 5.91 Å². The van der Waals surface area contributed by atoms with Crippen molar-refractivity contribution in [1.29, 1.82) is 0 Å². The van der Waals surface area contributed by atoms with Gasteiger partial charge in [0.1, 0.15) is 6.54 Å². The number of nitrogens with zero attached hydrogens (tertiary/aromatic N) is 1. The van der Waals surface area contributed by atoms with Crippen molar-refractivity contribution in [1.82, 2.24) is 0 Å². The molecule has 2 aromatic rings. The van der Waals surface area contributed by atoms with Gasteiger partial charge in [-0.05, 0) is 29.6 Å². The largest absolute Gasteiger partial charge is 0.324 e. The summed E-state index contributed by atoms with van der Waals surface area (Å²) in [5, 5.41) is 7.47. The molecule has 0 saturated heterocycles. The SMILES string of the molecule is O=C1CN=C(c2ccsc2)c2cc(Cl)ccc2N1. The molecule has 3 rings (SSSR count). The molecule has 1 aliphatic heterocycles. The van der Waals surface area contributed by atoms with E-state index in [0.29, 0.717) is 5.02 Å². The van der Waals surface area contributed by atoms with Gasteiger partial charge in [0, 0.05) is 21.5 Å². The van der Waals surface area contributed by atoms with Gasteiger partial charge in [0.05, 0.1) is 11.4 Å². The third-order valence-corrected chi connectivity index (χ3v) is 3.60. The lowest BCUT2D eigenvalue weighted by molar-refractivity contribution is -0.114. The summed E-state index contributed by atoms with van der Waals surface area (Å²) in [6.45, 7) is 0.136. The number of amides is 1. The first-order valence-electron chi connectivity index (χ1n) is 5.41. The average molecular weight is 277 g/mol. The predicted molar refractivity (Wildman–Crippen MR) is 74.9 cm³/mol. The van der Waals surface area contributed by atoms with Gasteiger partial charge < -0.3 is 5.32 Å². The standard InChI is InChI=1S/C13H9ClN2OS/c14-9-1-2-11-10(5-9)13(8-3-4-18-7-8)15-6-12(17)16-11/h1-5,7H,6H2,(H,16,17). The summed E-state index contributed by atoms with van der Waals surface area (Å²) < 4.78 is 0. The summed E-state index contributed by atoms with van der Waals surface area (Å²) in [5.74, 6) is -0.108. The fraction of sp³-hybridized carbons (Fsp3) is 0.0769. The van der Waals surface area contributed by atoms with Gasteiger partial charge in [-0.25, -0.2) is 0 Å². The minimum absolute atomic E-state index is 0.108. The third-order valence-electron chi connectivity index (χ3n) is 2.69. The fourth-order valence-corrected chi connectivity index (χ4v) is 2.71. The molecule has 0 spiro atoms. The molecule has 3 nitrogen and oxygen atoms in total. The van der Waals surface area contributed by atoms with E-state index >= 15 is 0 Å². The van der Waals surface area contributed by atoms with Crippen LogP contribution in [0.1, 0.15) is 11.1 Å². The summed E-state index contributed by atoms with van der Waals surface area (Å²) in [6, 6.07) is 7.39. The number of thiophene rings is 1. The van der Waals surface area contributed by atoms with Gasteiger partial charge in [-0.15, -0.1) is 0 Å². The molecule has 0 aliphatic carbocycles. The van der Waals surface area contributed by atoms with Crippen molar-refractivity contribution in [2.45, 2.75) is 0 Å². The van der Waals surface area contributed by atoms with E-state index in [1.165, 1.54) is 0 Å². The van der Waals surface area contributed by atoms with Crippen molar-refractivity contribution < 1.29 is 4.79 Å². The second-order valence-corrected chi connectivity index (χ2v) is 5.13. The predicted octanol–water partition coefficient (Wildman–Crippen LogP) is 3.19. The number of aliphatic imine (C=N–C) groups is 1. The zero-order chi connectivity index (χ0) is 12.5. The fourth-order valence-electron chi connectivity index (χ4n) is 1.89. The van der Waals surface area contributed by atoms with Crippen LogP contribution >= 0.6 is 22.9 Å². The van der Waals surface area contributed by atoms with Gasteiger partial charge in [-0.3, -0.25) is 9.79 Å². The monoisotopic (exact) mass is 276 g/mol. The molecule has 1 aliphatic rings. The minimum atomic E-state index is -0.108. The van der Waals surface area contributed by atoms with E-state index in [2.05, 4.69) is 10.3 Å². The number of nitrogens with one attached hydrogen (secondary N) is 1. The lowest BCUT2D eigenvalue weighted by Crippen LogP contribution is -2.13. The summed E-state index contributed by atoms with van der Waals surface area (Å²) in [6.07, 6.45) is 0. The van der Waals surface area contributed by atoms with Crippen molar-refractivity contribution in [2.24, 2.45) is 4.99 Å². The van der Waals surface area contributed by atoms with Crippen molar-refractivity contribution in [3.63, 3.8) is 0 Å². The van der Waals surface area contributed by atoms with Crippen molar-refractivity contribution >= 4 is 40.2 Å². The Bertz CT molecular complexity index is 634. The maximum Gasteiger partial charge on any atom is 0.246 e. The number of rotatable bonds is 1. The van der Waals surface area contributed by atoms with Crippen LogP contribution in [0.15, 0.2) is 40.0 Å². The van der Waals surface area contributed by atoms with Crippen LogP contribution in [0.4, 0.5) is 5.69 Å². The molecule has 2 heterocycles. The molecule has 0 radical (unpaired) electrons. The zero-order valence-corrected chi connectivity index (χ0v) is 10.9. The Kier molecular flexibility index (Phi) is 2.89. The molecule has 0 saturated carbocycles. The smallest absolute Gasteiger partial charge is 0.246 e. The first-order valence-corrected chi connectivity index (χ1v) is 6.73. The molecule has 90 valence electrons. The highest BCUT2D eigenvalue weighted by molar-refractivity contribution is 7.08. The Morgan fingerprint density at radius 1 is 1.33 bits per heavy atom. The number of carbonyl (C=O) groups excluding carboxylic acids is 1. The van der Waals surface area contributed by atoms with Crippen LogP contribution in [-0.2, 0) is 4.79 Å². The average Bonchev–Trinajstić information content (AvgIpc) is 2.81. The van der Waals surface area contributed by atoms with E-state index in [1.54, 1.807) is 17.4 Å². The number of benzodiazepines with no additional fused rings is 1. The van der Waals surface area contributed by atoms with Gasteiger partial charge in [0.25, 0.3) is 0 Å². The normalized spacial score (nSPS) is 14.5. The molecular formula is C13H9ClN2OS. The molecule has 0 atom stereocenters. The highest BCUT2D eigenvalue weighted by Crippen LogP contribution is 2.26. The first-order chi connectivity index (χ1) is 8.74. The molecule has 1 amide bonds. The van der Waals surface area contributed by atoms with Crippen LogP contribution in [0.3, 0.4) is 0 Å². The number of benzene rings is 1. The van der Waals surface area contributed by atoms with E-state index in [1.807, 2.05) is 29.0 Å². The number of fused-ring (bicyclic) bond motifs is 1. The molecule has 1 aromatic heterocycles. The van der Waals surface area contributed by atoms with Crippen molar-refractivity contribution in [2.75, 3.05) is 11.9 Å². The van der Waals surface area contributed by atoms with E-state index in [9.17, 15) is 4.79 Å². The highest BCUT2D eigenvalue weighted by atomic mass is 35.5. The molecular weight excluding hydrogens is 268 g/mol. The number of hydrogen-bond acceptors (Lipinski definition) is 3. The Balaban J connectivity index is 2.20. The quantitative estimate of drug-likeness (QED) is 0.854. The summed E-state index contributed by atoms with van der Waals surface area (Å²) in [7, 11) is 0. The first kappa shape index (κ1) is 11.4. The van der Waals surface area contributed by atoms with Gasteiger partial charge in [-0.2, -0.15) is 11.3 Å². The van der Waals surface area contributed by atoms with Crippen molar-refractivity contribution in [3.05, 3.63) is 51.2 Å². The maximum absolute atomic E-state index is 11.6. The van der Waals surface area contributed by atoms with E-state index in [-0.39, 0.29) is 12.5 Å². The van der Waals surface area contributed by atoms with E-state index in [0.717, 1.165) is 22.5 Å². The molecule has 1 N–H and O–H groups in total. The topological polar surface area (TPSA) is 41.5 Å². The van der Waals surface area contributed by atoms with E-state index in [4.69, 9.17) is 11.6 Å². The number of halogens is 1. The highest BCUT2D eigenvalue weighted by Gasteiger charge is 2.18. The van der Waals surface area contributed by atoms with Gasteiger partial charge in [0.15, 0.2) is 0 Å². The Hall–Kier alpha value is -1.65. The van der Waals surface area contributed by atoms with Gasteiger partial charge in [-0.1, -0.05) is 11.6 Å². The zero-order valence-electron chi connectivity index (χ0n) is 9.31. The second kappa shape index (κ2) is 4.55. The Morgan fingerprint density at radius 3 is 3.00 bits per heavy atom. The minimum Gasteiger partial charge on any atom is -0.324 e. The molecule has 0 bridgehead atoms. The van der Waals surface area contributed by atoms with Crippen LogP contribution in [0.25, 0.3) is 0 Å². The van der Waals surface area contributed by atoms with Crippen molar-refractivity contribution in [3.8, 4) is 0 Å². The van der Waals surface area contributed by atoms with Crippen LogP contribution in [0, 0.1) is 0 Å². The van der Waals surface area contributed by atoms with Crippen LogP contribution < -0.4 is 5.32 Å². The maximum atomic E-state index is 11.6. The second-order valence-electron chi connectivity index (χ2n) is 3.91. The van der Waals surface area contributed by atoms with E-state index < -0.39 is 0 Å². The van der Waals surface area contributed by atoms with Crippen LogP contribution in [0.2, 0.25) is 5.02 Å². The number of anilines is 1. The summed E-state index contributed by atoms with van der Waals surface area (Å²) in [5.41, 5.74) is 3.45. The number of carbonyl (C=O) groups is 1.